The molecule has 0 spiro atoms. The Morgan fingerprint density at radius 2 is 2.00 bits per heavy atom. The first-order valence-corrected chi connectivity index (χ1v) is 5.62. The maximum absolute atomic E-state index is 5.68. The number of unbranched alkanes of at least 4 members (excludes halogenated alkanes) is 1. The van der Waals surface area contributed by atoms with Gasteiger partial charge in [-0.25, -0.2) is 0 Å². The molecule has 0 rings (SSSR count). The van der Waals surface area contributed by atoms with E-state index < -0.39 is 0 Å². The van der Waals surface area contributed by atoms with E-state index in [0.717, 1.165) is 32.7 Å². The van der Waals surface area contributed by atoms with Crippen molar-refractivity contribution in [3.63, 3.8) is 0 Å². The Bertz CT molecular complexity index is 118. The Morgan fingerprint density at radius 3 is 2.50 bits per heavy atom. The Hall–Kier alpha value is -0.120. The van der Waals surface area contributed by atoms with Gasteiger partial charge >= 0.3 is 0 Å². The van der Waals surface area contributed by atoms with Crippen molar-refractivity contribution in [2.75, 3.05) is 33.4 Å². The molecule has 0 aromatic heterocycles. The van der Waals surface area contributed by atoms with E-state index in [1.807, 2.05) is 0 Å². The van der Waals surface area contributed by atoms with Gasteiger partial charge in [-0.1, -0.05) is 13.8 Å². The van der Waals surface area contributed by atoms with Crippen LogP contribution in [0.2, 0.25) is 0 Å². The van der Waals surface area contributed by atoms with Crippen LogP contribution in [0.25, 0.3) is 0 Å². The van der Waals surface area contributed by atoms with Crippen molar-refractivity contribution in [1.29, 1.82) is 0 Å². The topological polar surface area (TPSA) is 47.3 Å². The number of methoxy groups -OCH3 is 1. The number of ether oxygens (including phenoxy) is 1. The standard InChI is InChI=1S/C11H26N2O/c1-10(2)11(8-12)9-13-6-4-5-7-14-3/h10-11,13H,4-9,12H2,1-3H3. The minimum absolute atomic E-state index is 0.609. The predicted octanol–water partition coefficient (Wildman–Crippen LogP) is 1.23. The van der Waals surface area contributed by atoms with Crippen LogP contribution in [0.5, 0.6) is 0 Å². The van der Waals surface area contributed by atoms with E-state index in [2.05, 4.69) is 19.2 Å². The van der Waals surface area contributed by atoms with Crippen molar-refractivity contribution in [2.45, 2.75) is 26.7 Å². The molecule has 0 saturated carbocycles. The molecule has 1 unspecified atom stereocenters. The van der Waals surface area contributed by atoms with Crippen LogP contribution in [0.4, 0.5) is 0 Å². The lowest BCUT2D eigenvalue weighted by Gasteiger charge is -2.19. The molecular weight excluding hydrogens is 176 g/mol. The van der Waals surface area contributed by atoms with Gasteiger partial charge in [0.05, 0.1) is 0 Å². The molecule has 86 valence electrons. The minimum Gasteiger partial charge on any atom is -0.385 e. The lowest BCUT2D eigenvalue weighted by atomic mass is 9.96. The maximum atomic E-state index is 5.68. The van der Waals surface area contributed by atoms with Crippen molar-refractivity contribution in [3.05, 3.63) is 0 Å². The van der Waals surface area contributed by atoms with Crippen LogP contribution in [-0.4, -0.2) is 33.4 Å². The van der Waals surface area contributed by atoms with Crippen molar-refractivity contribution in [2.24, 2.45) is 17.6 Å². The average molecular weight is 202 g/mol. The lowest BCUT2D eigenvalue weighted by Crippen LogP contribution is -2.32. The molecule has 0 fully saturated rings. The van der Waals surface area contributed by atoms with E-state index in [9.17, 15) is 0 Å². The van der Waals surface area contributed by atoms with Crippen LogP contribution < -0.4 is 11.1 Å². The zero-order valence-electron chi connectivity index (χ0n) is 9.88. The molecule has 3 N–H and O–H groups in total. The fourth-order valence-electron chi connectivity index (χ4n) is 1.38. The summed E-state index contributed by atoms with van der Waals surface area (Å²) in [6, 6.07) is 0. The molecular formula is C11H26N2O. The normalized spacial score (nSPS) is 13.5. The summed E-state index contributed by atoms with van der Waals surface area (Å²) in [4.78, 5) is 0. The molecule has 0 heterocycles. The SMILES string of the molecule is COCCCCNCC(CN)C(C)C. The second-order valence-electron chi connectivity index (χ2n) is 4.14. The minimum atomic E-state index is 0.609. The summed E-state index contributed by atoms with van der Waals surface area (Å²) >= 11 is 0. The molecule has 3 heteroatoms. The van der Waals surface area contributed by atoms with Gasteiger partial charge in [-0.3, -0.25) is 0 Å². The highest BCUT2D eigenvalue weighted by atomic mass is 16.5. The largest absolute Gasteiger partial charge is 0.385 e. The van der Waals surface area contributed by atoms with E-state index in [1.165, 1.54) is 6.42 Å². The monoisotopic (exact) mass is 202 g/mol. The van der Waals surface area contributed by atoms with Gasteiger partial charge in [0.25, 0.3) is 0 Å². The van der Waals surface area contributed by atoms with Gasteiger partial charge in [-0.15, -0.1) is 0 Å². The molecule has 0 saturated heterocycles. The third kappa shape index (κ3) is 7.30. The zero-order chi connectivity index (χ0) is 10.8. The summed E-state index contributed by atoms with van der Waals surface area (Å²) in [5.41, 5.74) is 5.68. The predicted molar refractivity (Wildman–Crippen MR) is 61.4 cm³/mol. The van der Waals surface area contributed by atoms with Crippen molar-refractivity contribution >= 4 is 0 Å². The number of rotatable bonds is 9. The highest BCUT2D eigenvalue weighted by Gasteiger charge is 2.09. The third-order valence-corrected chi connectivity index (χ3v) is 2.60. The Morgan fingerprint density at radius 1 is 1.29 bits per heavy atom. The Kier molecular flexibility index (Phi) is 9.35. The molecule has 0 bridgehead atoms. The van der Waals surface area contributed by atoms with E-state index in [1.54, 1.807) is 7.11 Å². The summed E-state index contributed by atoms with van der Waals surface area (Å²) in [6.07, 6.45) is 2.32. The third-order valence-electron chi connectivity index (χ3n) is 2.60. The molecule has 0 radical (unpaired) electrons. The summed E-state index contributed by atoms with van der Waals surface area (Å²) in [5.74, 6) is 1.28. The smallest absolute Gasteiger partial charge is 0.0462 e. The van der Waals surface area contributed by atoms with Gasteiger partial charge in [0.1, 0.15) is 0 Å². The molecule has 1 atom stereocenters. The second-order valence-corrected chi connectivity index (χ2v) is 4.14. The van der Waals surface area contributed by atoms with Crippen LogP contribution in [0.3, 0.4) is 0 Å². The van der Waals surface area contributed by atoms with Crippen molar-refractivity contribution < 1.29 is 4.74 Å². The molecule has 0 aromatic carbocycles. The van der Waals surface area contributed by atoms with Gasteiger partial charge in [-0.2, -0.15) is 0 Å². The maximum Gasteiger partial charge on any atom is 0.0462 e. The van der Waals surface area contributed by atoms with Gasteiger partial charge in [-0.05, 0) is 44.3 Å². The molecule has 0 amide bonds. The second kappa shape index (κ2) is 9.44. The lowest BCUT2D eigenvalue weighted by molar-refractivity contribution is 0.192. The van der Waals surface area contributed by atoms with Crippen molar-refractivity contribution in [3.8, 4) is 0 Å². The first-order chi connectivity index (χ1) is 6.72. The van der Waals surface area contributed by atoms with E-state index in [4.69, 9.17) is 10.5 Å². The van der Waals surface area contributed by atoms with Crippen LogP contribution >= 0.6 is 0 Å². The molecule has 0 aromatic rings. The van der Waals surface area contributed by atoms with Crippen LogP contribution in [0.1, 0.15) is 26.7 Å². The first-order valence-electron chi connectivity index (χ1n) is 5.62. The Labute approximate surface area is 88.4 Å². The van der Waals surface area contributed by atoms with E-state index in [-0.39, 0.29) is 0 Å². The summed E-state index contributed by atoms with van der Waals surface area (Å²) in [6.45, 7) is 8.22. The fourth-order valence-corrected chi connectivity index (χ4v) is 1.38. The fraction of sp³-hybridized carbons (Fsp3) is 1.00. The zero-order valence-corrected chi connectivity index (χ0v) is 9.88. The summed E-state index contributed by atoms with van der Waals surface area (Å²) in [5, 5.41) is 3.44. The van der Waals surface area contributed by atoms with E-state index in [0.29, 0.717) is 11.8 Å². The quantitative estimate of drug-likeness (QED) is 0.553. The number of hydrogen-bond donors (Lipinski definition) is 2. The van der Waals surface area contributed by atoms with Gasteiger partial charge in [0, 0.05) is 13.7 Å². The van der Waals surface area contributed by atoms with Crippen LogP contribution in [0.15, 0.2) is 0 Å². The summed E-state index contributed by atoms with van der Waals surface area (Å²) < 4.78 is 4.98. The molecule has 3 nitrogen and oxygen atoms in total. The number of nitrogens with one attached hydrogen (secondary N) is 1. The van der Waals surface area contributed by atoms with Gasteiger partial charge < -0.3 is 15.8 Å². The Balaban J connectivity index is 3.25. The summed E-state index contributed by atoms with van der Waals surface area (Å²) in [7, 11) is 1.75. The average Bonchev–Trinajstić information content (AvgIpc) is 2.16. The number of nitrogens with two attached hydrogens (primary N) is 1. The molecule has 14 heavy (non-hydrogen) atoms. The first kappa shape index (κ1) is 13.9. The van der Waals surface area contributed by atoms with Crippen LogP contribution in [0, 0.1) is 11.8 Å². The van der Waals surface area contributed by atoms with Crippen LogP contribution in [-0.2, 0) is 4.74 Å². The number of hydrogen-bond acceptors (Lipinski definition) is 3. The highest BCUT2D eigenvalue weighted by molar-refractivity contribution is 4.66. The highest BCUT2D eigenvalue weighted by Crippen LogP contribution is 2.07. The van der Waals surface area contributed by atoms with E-state index >= 15 is 0 Å². The molecule has 0 aliphatic carbocycles. The van der Waals surface area contributed by atoms with Crippen molar-refractivity contribution in [1.82, 2.24) is 5.32 Å². The van der Waals surface area contributed by atoms with Gasteiger partial charge in [0.15, 0.2) is 0 Å². The van der Waals surface area contributed by atoms with Gasteiger partial charge in [0.2, 0.25) is 0 Å². The molecule has 0 aliphatic heterocycles. The molecule has 0 aliphatic rings.